The van der Waals surface area contributed by atoms with E-state index in [0.717, 1.165) is 18.7 Å². The number of rotatable bonds is 16. The minimum atomic E-state index is -2.95. The van der Waals surface area contributed by atoms with Gasteiger partial charge in [0, 0.05) is 24.5 Å². The summed E-state index contributed by atoms with van der Waals surface area (Å²) < 4.78 is 15.5. The Bertz CT molecular complexity index is 2080. The van der Waals surface area contributed by atoms with Crippen molar-refractivity contribution in [1.29, 1.82) is 0 Å². The van der Waals surface area contributed by atoms with Crippen LogP contribution in [0.4, 0.5) is 0 Å². The van der Waals surface area contributed by atoms with Crippen molar-refractivity contribution >= 4 is 38.1 Å². The molecule has 0 fully saturated rings. The zero-order valence-corrected chi connectivity index (χ0v) is 39.2. The largest absolute Gasteiger partial charge is 0.534 e. The summed E-state index contributed by atoms with van der Waals surface area (Å²) in [4.78, 5) is 2.64. The van der Waals surface area contributed by atoms with Gasteiger partial charge < -0.3 is 8.85 Å². The maximum absolute atomic E-state index is 7.94. The van der Waals surface area contributed by atoms with Crippen molar-refractivity contribution in [2.75, 3.05) is 6.54 Å². The van der Waals surface area contributed by atoms with Crippen molar-refractivity contribution in [3.05, 3.63) is 187 Å². The van der Waals surface area contributed by atoms with Gasteiger partial charge >= 0.3 is 8.32 Å². The maximum atomic E-state index is 7.94. The summed E-state index contributed by atoms with van der Waals surface area (Å²) in [6.07, 6.45) is 0.656. The first-order valence-corrected chi connectivity index (χ1v) is 24.9. The summed E-state index contributed by atoms with van der Waals surface area (Å²) >= 11 is 0. The summed E-state index contributed by atoms with van der Waals surface area (Å²) in [7, 11) is -4.55. The Morgan fingerprint density at radius 3 is 1.41 bits per heavy atom. The Kier molecular flexibility index (Phi) is 14.4. The third-order valence-corrected chi connectivity index (χ3v) is 18.8. The van der Waals surface area contributed by atoms with Crippen molar-refractivity contribution in [3.8, 4) is 5.75 Å². The molecule has 2 atom stereocenters. The summed E-state index contributed by atoms with van der Waals surface area (Å²) in [6.45, 7) is 24.3. The molecule has 0 bridgehead atoms. The normalized spacial score (nSPS) is 13.6. The van der Waals surface area contributed by atoms with Crippen LogP contribution in [0.1, 0.15) is 97.9 Å². The lowest BCUT2D eigenvalue weighted by Gasteiger charge is -2.43. The summed E-state index contributed by atoms with van der Waals surface area (Å²) in [5.41, 5.74) is 3.57. The molecule has 6 rings (SSSR count). The van der Waals surface area contributed by atoms with Gasteiger partial charge in [-0.05, 0) is 94.1 Å². The Morgan fingerprint density at radius 1 is 0.542 bits per heavy atom. The van der Waals surface area contributed by atoms with Gasteiger partial charge in [0.05, 0.1) is 6.10 Å². The van der Waals surface area contributed by atoms with E-state index in [4.69, 9.17) is 8.85 Å². The first-order chi connectivity index (χ1) is 28.2. The minimum Gasteiger partial charge on any atom is -0.534 e. The maximum Gasteiger partial charge on any atom is 0.319 e. The average molecular weight is 817 g/mol. The van der Waals surface area contributed by atoms with E-state index in [0.29, 0.717) is 12.1 Å². The second-order valence-corrected chi connectivity index (χ2v) is 25.0. The summed E-state index contributed by atoms with van der Waals surface area (Å²) in [5.74, 6) is 1.20. The van der Waals surface area contributed by atoms with Crippen LogP contribution >= 0.6 is 0 Å². The van der Waals surface area contributed by atoms with Crippen LogP contribution in [0.15, 0.2) is 170 Å². The van der Waals surface area contributed by atoms with Gasteiger partial charge in [0.25, 0.3) is 9.04 Å². The van der Waals surface area contributed by atoms with Gasteiger partial charge in [0.15, 0.2) is 0 Å². The standard InChI is InChI=1S/C54H66NO2Si2/c1-41(2)55(42(3)4)40-46(43-26-16-11-17-27-43)39-45-38-44(52(53(5,6)7)56-58(47-28-18-12-19-29-47)48-30-20-13-21-31-48)36-37-51(45)57-59(54(8,9)10,49-32-22-14-23-33-49)50-34-24-15-25-35-50/h11-38,41-42,46,52H,39-40H2,1-10H3. The fraction of sp³-hybridized carbons (Fsp3) is 0.333. The topological polar surface area (TPSA) is 21.7 Å². The van der Waals surface area contributed by atoms with E-state index in [1.54, 1.807) is 0 Å². The molecule has 307 valence electrons. The van der Waals surface area contributed by atoms with E-state index in [1.807, 2.05) is 0 Å². The van der Waals surface area contributed by atoms with E-state index < -0.39 is 17.4 Å². The third-order valence-electron chi connectivity index (χ3n) is 11.7. The highest BCUT2D eigenvalue weighted by Gasteiger charge is 2.52. The van der Waals surface area contributed by atoms with Crippen molar-refractivity contribution < 1.29 is 8.85 Å². The molecule has 0 saturated carbocycles. The van der Waals surface area contributed by atoms with Crippen molar-refractivity contribution in [1.82, 2.24) is 4.90 Å². The molecule has 0 saturated heterocycles. The van der Waals surface area contributed by atoms with Crippen LogP contribution in [0.25, 0.3) is 0 Å². The zero-order chi connectivity index (χ0) is 42.2. The van der Waals surface area contributed by atoms with E-state index >= 15 is 0 Å². The molecule has 59 heavy (non-hydrogen) atoms. The van der Waals surface area contributed by atoms with Gasteiger partial charge in [-0.25, -0.2) is 0 Å². The van der Waals surface area contributed by atoms with Crippen LogP contribution in [-0.2, 0) is 10.8 Å². The Morgan fingerprint density at radius 2 is 0.983 bits per heavy atom. The van der Waals surface area contributed by atoms with E-state index in [1.165, 1.54) is 37.4 Å². The Balaban J connectivity index is 1.56. The summed E-state index contributed by atoms with van der Waals surface area (Å²) in [6, 6.07) is 62.7. The third kappa shape index (κ3) is 10.4. The lowest BCUT2D eigenvalue weighted by Crippen LogP contribution is -2.68. The molecule has 2 unspecified atom stereocenters. The van der Waals surface area contributed by atoms with E-state index in [-0.39, 0.29) is 22.5 Å². The highest BCUT2D eigenvalue weighted by Crippen LogP contribution is 2.42. The number of benzene rings is 6. The van der Waals surface area contributed by atoms with E-state index in [9.17, 15) is 0 Å². The summed E-state index contributed by atoms with van der Waals surface area (Å²) in [5, 5.41) is 4.85. The van der Waals surface area contributed by atoms with Crippen molar-refractivity contribution in [3.63, 3.8) is 0 Å². The molecular weight excluding hydrogens is 751 g/mol. The van der Waals surface area contributed by atoms with Crippen LogP contribution in [0, 0.1) is 5.41 Å². The molecule has 0 amide bonds. The van der Waals surface area contributed by atoms with Gasteiger partial charge in [-0.3, -0.25) is 4.90 Å². The molecule has 0 spiro atoms. The van der Waals surface area contributed by atoms with Crippen LogP contribution in [0.3, 0.4) is 0 Å². The Labute approximate surface area is 359 Å². The predicted octanol–water partition coefficient (Wildman–Crippen LogP) is 11.0. The van der Waals surface area contributed by atoms with Gasteiger partial charge in [-0.2, -0.15) is 0 Å². The first kappa shape index (κ1) is 44.0. The lowest BCUT2D eigenvalue weighted by molar-refractivity contribution is 0.0896. The molecule has 5 heteroatoms. The number of hydrogen-bond donors (Lipinski definition) is 0. The molecule has 3 nitrogen and oxygen atoms in total. The molecule has 0 aliphatic carbocycles. The quantitative estimate of drug-likeness (QED) is 0.0909. The predicted molar refractivity (Wildman–Crippen MR) is 256 cm³/mol. The molecule has 6 aromatic carbocycles. The van der Waals surface area contributed by atoms with Gasteiger partial charge in [0.2, 0.25) is 0 Å². The second-order valence-electron chi connectivity index (χ2n) is 18.8. The van der Waals surface area contributed by atoms with Gasteiger partial charge in [-0.1, -0.05) is 199 Å². The number of hydrogen-bond acceptors (Lipinski definition) is 3. The molecule has 6 aromatic rings. The molecular formula is C54H66NO2Si2. The number of nitrogens with zero attached hydrogens (tertiary/aromatic N) is 1. The van der Waals surface area contributed by atoms with Crippen molar-refractivity contribution in [2.24, 2.45) is 5.41 Å². The minimum absolute atomic E-state index is 0.171. The van der Waals surface area contributed by atoms with Crippen LogP contribution < -0.4 is 25.2 Å². The SMILES string of the molecule is CC(C)N(CC(Cc1cc(C(O[Si](c2ccccc2)c2ccccc2)C(C)(C)C)ccc1O[Si](c1ccccc1)(c1ccccc1)C(C)(C)C)c1ccccc1)C(C)C. The molecule has 1 radical (unpaired) electrons. The average Bonchev–Trinajstić information content (AvgIpc) is 3.22. The highest BCUT2D eigenvalue weighted by atomic mass is 28.4. The fourth-order valence-electron chi connectivity index (χ4n) is 8.73. The molecule has 0 N–H and O–H groups in total. The first-order valence-electron chi connectivity index (χ1n) is 21.6. The molecule has 0 aliphatic rings. The lowest BCUT2D eigenvalue weighted by atomic mass is 9.83. The van der Waals surface area contributed by atoms with Crippen LogP contribution in [0.2, 0.25) is 5.04 Å². The van der Waals surface area contributed by atoms with Crippen molar-refractivity contribution in [2.45, 2.75) is 105 Å². The fourth-order valence-corrected chi connectivity index (χ4v) is 15.5. The van der Waals surface area contributed by atoms with Gasteiger partial charge in [0.1, 0.15) is 5.75 Å². The Hall–Kier alpha value is -4.53. The molecule has 0 aliphatic heterocycles. The van der Waals surface area contributed by atoms with E-state index in [2.05, 4.69) is 244 Å². The molecule has 0 aromatic heterocycles. The zero-order valence-electron chi connectivity index (χ0n) is 37.2. The second kappa shape index (κ2) is 19.2. The smallest absolute Gasteiger partial charge is 0.319 e. The molecule has 0 heterocycles. The highest BCUT2D eigenvalue weighted by molar-refractivity contribution is 7.00. The van der Waals surface area contributed by atoms with Gasteiger partial charge in [-0.15, -0.1) is 0 Å². The van der Waals surface area contributed by atoms with Crippen LogP contribution in [-0.4, -0.2) is 40.9 Å². The monoisotopic (exact) mass is 816 g/mol. The van der Waals surface area contributed by atoms with Crippen LogP contribution in [0.5, 0.6) is 5.75 Å².